The fourth-order valence-corrected chi connectivity index (χ4v) is 3.55. The summed E-state index contributed by atoms with van der Waals surface area (Å²) in [5.74, 6) is 0. The van der Waals surface area contributed by atoms with Crippen LogP contribution in [0.3, 0.4) is 0 Å². The molecule has 0 spiro atoms. The topological polar surface area (TPSA) is 61.0 Å². The van der Waals surface area contributed by atoms with Crippen LogP contribution in [0.1, 0.15) is 44.6 Å². The number of rotatable bonds is 5. The molecule has 0 atom stereocenters. The van der Waals surface area contributed by atoms with Crippen LogP contribution in [-0.2, 0) is 6.54 Å². The van der Waals surface area contributed by atoms with Gasteiger partial charge >= 0.3 is 6.03 Å². The van der Waals surface area contributed by atoms with Gasteiger partial charge in [0.15, 0.2) is 0 Å². The minimum Gasteiger partial charge on any atom is -0.333 e. The summed E-state index contributed by atoms with van der Waals surface area (Å²) in [4.78, 5) is 14.4. The molecule has 1 aliphatic rings. The van der Waals surface area contributed by atoms with Gasteiger partial charge in [-0.05, 0) is 24.8 Å². The molecule has 5 nitrogen and oxygen atoms in total. The summed E-state index contributed by atoms with van der Waals surface area (Å²) in [6.07, 6.45) is 7.38. The summed E-state index contributed by atoms with van der Waals surface area (Å²) >= 11 is 0. The van der Waals surface area contributed by atoms with Crippen molar-refractivity contribution in [2.45, 2.75) is 51.1 Å². The van der Waals surface area contributed by atoms with E-state index in [0.717, 1.165) is 36.1 Å². The van der Waals surface area contributed by atoms with Crippen molar-refractivity contribution in [1.29, 1.82) is 0 Å². The van der Waals surface area contributed by atoms with Crippen LogP contribution < -0.4 is 5.32 Å². The zero-order valence-corrected chi connectivity index (χ0v) is 14.5. The van der Waals surface area contributed by atoms with E-state index in [2.05, 4.69) is 22.4 Å². The maximum Gasteiger partial charge on any atom is 0.317 e. The summed E-state index contributed by atoms with van der Waals surface area (Å²) in [5.41, 5.74) is 3.07. The van der Waals surface area contributed by atoms with Crippen molar-refractivity contribution >= 4 is 6.03 Å². The average molecular weight is 326 g/mol. The average Bonchev–Trinajstić information content (AvgIpc) is 3.25. The highest BCUT2D eigenvalue weighted by Crippen LogP contribution is 2.32. The van der Waals surface area contributed by atoms with E-state index in [-0.39, 0.29) is 11.6 Å². The summed E-state index contributed by atoms with van der Waals surface area (Å²) in [6, 6.07) is 10.1. The molecule has 1 aliphatic carbocycles. The number of benzene rings is 1. The van der Waals surface area contributed by atoms with Crippen LogP contribution in [0, 0.1) is 0 Å². The van der Waals surface area contributed by atoms with Gasteiger partial charge in [-0.15, -0.1) is 0 Å². The molecular formula is C19H26N4O. The first-order valence-corrected chi connectivity index (χ1v) is 8.74. The van der Waals surface area contributed by atoms with Crippen LogP contribution in [0.25, 0.3) is 11.3 Å². The fourth-order valence-electron chi connectivity index (χ4n) is 3.55. The molecule has 5 heteroatoms. The number of hydrogen-bond acceptors (Lipinski definition) is 2. The lowest BCUT2D eigenvalue weighted by molar-refractivity contribution is 0.189. The second kappa shape index (κ2) is 7.07. The fraction of sp³-hybridized carbons (Fsp3) is 0.474. The molecule has 0 unspecified atom stereocenters. The Labute approximate surface area is 143 Å². The van der Waals surface area contributed by atoms with Gasteiger partial charge in [0.05, 0.1) is 18.4 Å². The molecule has 1 saturated carbocycles. The number of amides is 2. The Morgan fingerprint density at radius 1 is 1.29 bits per heavy atom. The molecule has 0 bridgehead atoms. The molecule has 128 valence electrons. The molecule has 0 aliphatic heterocycles. The van der Waals surface area contributed by atoms with E-state index in [1.54, 1.807) is 11.1 Å². The third kappa shape index (κ3) is 3.45. The van der Waals surface area contributed by atoms with E-state index in [4.69, 9.17) is 0 Å². The van der Waals surface area contributed by atoms with Gasteiger partial charge in [0.2, 0.25) is 0 Å². The SMILES string of the molecule is CCC1(NC(=O)N(C)Cc2cn[nH]c2-c2ccccc2)CCCC1. The largest absolute Gasteiger partial charge is 0.333 e. The lowest BCUT2D eigenvalue weighted by Gasteiger charge is -2.31. The Hall–Kier alpha value is -2.30. The quantitative estimate of drug-likeness (QED) is 0.874. The zero-order valence-electron chi connectivity index (χ0n) is 14.5. The van der Waals surface area contributed by atoms with Gasteiger partial charge in [0.25, 0.3) is 0 Å². The lowest BCUT2D eigenvalue weighted by Crippen LogP contribution is -2.50. The van der Waals surface area contributed by atoms with E-state index in [9.17, 15) is 4.79 Å². The van der Waals surface area contributed by atoms with E-state index in [1.807, 2.05) is 37.4 Å². The third-order valence-corrected chi connectivity index (χ3v) is 5.14. The number of nitrogens with zero attached hydrogens (tertiary/aromatic N) is 2. The van der Waals surface area contributed by atoms with Gasteiger partial charge in [0.1, 0.15) is 0 Å². The van der Waals surface area contributed by atoms with Crippen molar-refractivity contribution < 1.29 is 4.79 Å². The molecule has 2 aromatic rings. The monoisotopic (exact) mass is 326 g/mol. The number of hydrogen-bond donors (Lipinski definition) is 2. The molecular weight excluding hydrogens is 300 g/mol. The zero-order chi connectivity index (χ0) is 17.0. The maximum absolute atomic E-state index is 12.6. The number of aromatic nitrogens is 2. The van der Waals surface area contributed by atoms with E-state index < -0.39 is 0 Å². The number of nitrogens with one attached hydrogen (secondary N) is 2. The predicted molar refractivity (Wildman–Crippen MR) is 95.5 cm³/mol. The van der Waals surface area contributed by atoms with Crippen LogP contribution in [0.2, 0.25) is 0 Å². The standard InChI is InChI=1S/C19H26N4O/c1-3-19(11-7-8-12-19)21-18(24)23(2)14-16-13-20-22-17(16)15-9-5-4-6-10-15/h4-6,9-10,13H,3,7-8,11-12,14H2,1-2H3,(H,20,22)(H,21,24). The normalized spacial score (nSPS) is 16.1. The van der Waals surface area contributed by atoms with Crippen LogP contribution in [0.4, 0.5) is 4.79 Å². The van der Waals surface area contributed by atoms with Crippen LogP contribution in [0.5, 0.6) is 0 Å². The minimum atomic E-state index is -0.00992. The number of carbonyl (C=O) groups excluding carboxylic acids is 1. The Bertz CT molecular complexity index is 674. The van der Waals surface area contributed by atoms with E-state index >= 15 is 0 Å². The van der Waals surface area contributed by atoms with E-state index in [1.165, 1.54) is 12.8 Å². The molecule has 1 aromatic heterocycles. The maximum atomic E-state index is 12.6. The molecule has 24 heavy (non-hydrogen) atoms. The second-order valence-electron chi connectivity index (χ2n) is 6.76. The van der Waals surface area contributed by atoms with Gasteiger partial charge < -0.3 is 10.2 Å². The first kappa shape index (κ1) is 16.6. The Balaban J connectivity index is 1.68. The molecule has 0 radical (unpaired) electrons. The van der Waals surface area contributed by atoms with Crippen molar-refractivity contribution in [3.8, 4) is 11.3 Å². The predicted octanol–water partition coefficient (Wildman–Crippen LogP) is 3.94. The van der Waals surface area contributed by atoms with Crippen molar-refractivity contribution in [2.75, 3.05) is 7.05 Å². The van der Waals surface area contributed by atoms with Gasteiger partial charge in [0, 0.05) is 18.2 Å². The first-order chi connectivity index (χ1) is 11.6. The molecule has 2 amide bonds. The Kier molecular flexibility index (Phi) is 4.88. The number of H-pyrrole nitrogens is 1. The summed E-state index contributed by atoms with van der Waals surface area (Å²) in [6.45, 7) is 2.70. The van der Waals surface area contributed by atoms with Crippen molar-refractivity contribution in [2.24, 2.45) is 0 Å². The van der Waals surface area contributed by atoms with E-state index in [0.29, 0.717) is 6.54 Å². The van der Waals surface area contributed by atoms with Gasteiger partial charge in [-0.3, -0.25) is 5.10 Å². The lowest BCUT2D eigenvalue weighted by atomic mass is 9.94. The highest BCUT2D eigenvalue weighted by atomic mass is 16.2. The van der Waals surface area contributed by atoms with Crippen LogP contribution >= 0.6 is 0 Å². The molecule has 0 saturated heterocycles. The van der Waals surface area contributed by atoms with Crippen molar-refractivity contribution in [1.82, 2.24) is 20.4 Å². The van der Waals surface area contributed by atoms with Crippen LogP contribution in [0.15, 0.2) is 36.5 Å². The summed E-state index contributed by atoms with van der Waals surface area (Å²) < 4.78 is 0. The van der Waals surface area contributed by atoms with Crippen molar-refractivity contribution in [3.05, 3.63) is 42.1 Å². The molecule has 3 rings (SSSR count). The van der Waals surface area contributed by atoms with Gasteiger partial charge in [-0.25, -0.2) is 4.79 Å². The van der Waals surface area contributed by atoms with Crippen LogP contribution in [-0.4, -0.2) is 33.7 Å². The smallest absolute Gasteiger partial charge is 0.317 e. The minimum absolute atomic E-state index is 0.000961. The highest BCUT2D eigenvalue weighted by Gasteiger charge is 2.34. The molecule has 1 fully saturated rings. The second-order valence-corrected chi connectivity index (χ2v) is 6.76. The first-order valence-electron chi connectivity index (χ1n) is 8.74. The molecule has 2 N–H and O–H groups in total. The van der Waals surface area contributed by atoms with Gasteiger partial charge in [-0.1, -0.05) is 50.1 Å². The number of urea groups is 1. The Morgan fingerprint density at radius 3 is 2.67 bits per heavy atom. The Morgan fingerprint density at radius 2 is 2.00 bits per heavy atom. The number of aromatic amines is 1. The number of carbonyl (C=O) groups is 1. The summed E-state index contributed by atoms with van der Waals surface area (Å²) in [7, 11) is 1.84. The van der Waals surface area contributed by atoms with Crippen molar-refractivity contribution in [3.63, 3.8) is 0 Å². The highest BCUT2D eigenvalue weighted by molar-refractivity contribution is 5.75. The molecule has 1 aromatic carbocycles. The summed E-state index contributed by atoms with van der Waals surface area (Å²) in [5, 5.41) is 10.5. The van der Waals surface area contributed by atoms with Gasteiger partial charge in [-0.2, -0.15) is 5.10 Å². The third-order valence-electron chi connectivity index (χ3n) is 5.14. The molecule has 1 heterocycles.